The second-order valence-electron chi connectivity index (χ2n) is 5.39. The Morgan fingerprint density at radius 1 is 1.00 bits per heavy atom. The number of thiocarbonyl (C=S) groups is 1. The molecule has 0 unspecified atom stereocenters. The average Bonchev–Trinajstić information content (AvgIpc) is 3.14. The second kappa shape index (κ2) is 8.00. The van der Waals surface area contributed by atoms with Crippen molar-refractivity contribution in [2.24, 2.45) is 0 Å². The lowest BCUT2D eigenvalue weighted by molar-refractivity contribution is 0.0601. The third kappa shape index (κ3) is 3.98. The summed E-state index contributed by atoms with van der Waals surface area (Å²) in [6, 6.07) is 8.49. The zero-order valence-corrected chi connectivity index (χ0v) is 15.8. The van der Waals surface area contributed by atoms with Gasteiger partial charge in [0.2, 0.25) is 6.79 Å². The molecule has 0 radical (unpaired) electrons. The van der Waals surface area contributed by atoms with E-state index in [1.54, 1.807) is 24.3 Å². The molecule has 1 heterocycles. The van der Waals surface area contributed by atoms with Crippen molar-refractivity contribution in [2.45, 2.75) is 0 Å². The number of fused-ring (bicyclic) bond motifs is 1. The van der Waals surface area contributed by atoms with Crippen LogP contribution >= 0.6 is 12.2 Å². The smallest absolute Gasteiger partial charge is 0.340 e. The highest BCUT2D eigenvalue weighted by molar-refractivity contribution is 7.80. The molecule has 0 aromatic heterocycles. The Morgan fingerprint density at radius 3 is 2.41 bits per heavy atom. The van der Waals surface area contributed by atoms with Crippen LogP contribution in [0.2, 0.25) is 0 Å². The lowest BCUT2D eigenvalue weighted by atomic mass is 10.1. The Kier molecular flexibility index (Phi) is 5.51. The van der Waals surface area contributed by atoms with Crippen molar-refractivity contribution >= 4 is 34.7 Å². The van der Waals surface area contributed by atoms with E-state index in [0.29, 0.717) is 34.4 Å². The molecule has 0 aliphatic carbocycles. The number of carbonyl (C=O) groups is 1. The van der Waals surface area contributed by atoms with Gasteiger partial charge in [0.05, 0.1) is 32.6 Å². The summed E-state index contributed by atoms with van der Waals surface area (Å²) in [6.07, 6.45) is 0. The number of benzene rings is 2. The summed E-state index contributed by atoms with van der Waals surface area (Å²) < 4.78 is 26.0. The number of rotatable bonds is 5. The van der Waals surface area contributed by atoms with Gasteiger partial charge in [0.1, 0.15) is 0 Å². The Morgan fingerprint density at radius 2 is 1.70 bits per heavy atom. The number of methoxy groups -OCH3 is 3. The topological polar surface area (TPSA) is 87.3 Å². The predicted molar refractivity (Wildman–Crippen MR) is 103 cm³/mol. The predicted octanol–water partition coefficient (Wildman–Crippen LogP) is 3.03. The first-order valence-corrected chi connectivity index (χ1v) is 8.28. The van der Waals surface area contributed by atoms with Gasteiger partial charge in [-0.15, -0.1) is 0 Å². The molecule has 2 aromatic carbocycles. The van der Waals surface area contributed by atoms with Crippen LogP contribution in [-0.2, 0) is 4.74 Å². The summed E-state index contributed by atoms with van der Waals surface area (Å²) in [5.74, 6) is 1.61. The van der Waals surface area contributed by atoms with Crippen molar-refractivity contribution in [3.05, 3.63) is 35.9 Å². The molecule has 0 atom stereocenters. The molecule has 0 bridgehead atoms. The Hall–Kier alpha value is -3.20. The molecule has 2 N–H and O–H groups in total. The van der Waals surface area contributed by atoms with Crippen LogP contribution in [0.1, 0.15) is 10.4 Å². The first-order chi connectivity index (χ1) is 13.0. The van der Waals surface area contributed by atoms with Crippen molar-refractivity contribution in [1.82, 2.24) is 0 Å². The quantitative estimate of drug-likeness (QED) is 0.591. The van der Waals surface area contributed by atoms with Gasteiger partial charge >= 0.3 is 5.97 Å². The van der Waals surface area contributed by atoms with Crippen LogP contribution < -0.4 is 29.6 Å². The fourth-order valence-electron chi connectivity index (χ4n) is 2.52. The van der Waals surface area contributed by atoms with Crippen LogP contribution in [-0.4, -0.2) is 39.2 Å². The van der Waals surface area contributed by atoms with Gasteiger partial charge in [-0.25, -0.2) is 4.79 Å². The van der Waals surface area contributed by atoms with Crippen LogP contribution in [0.5, 0.6) is 23.0 Å². The van der Waals surface area contributed by atoms with Crippen molar-refractivity contribution in [3.63, 3.8) is 0 Å². The fourth-order valence-corrected chi connectivity index (χ4v) is 2.75. The molecule has 2 aromatic rings. The molecule has 0 fully saturated rings. The summed E-state index contributed by atoms with van der Waals surface area (Å²) in [6.45, 7) is 0.190. The zero-order valence-electron chi connectivity index (χ0n) is 15.0. The minimum absolute atomic E-state index is 0.190. The normalized spacial score (nSPS) is 11.5. The minimum atomic E-state index is -0.538. The van der Waals surface area contributed by atoms with Crippen LogP contribution in [0.15, 0.2) is 30.3 Å². The number of ether oxygens (including phenoxy) is 5. The molecule has 27 heavy (non-hydrogen) atoms. The van der Waals surface area contributed by atoms with Gasteiger partial charge in [-0.05, 0) is 24.4 Å². The Balaban J connectivity index is 1.82. The number of anilines is 2. The van der Waals surface area contributed by atoms with Gasteiger partial charge in [-0.1, -0.05) is 0 Å². The molecule has 1 aliphatic rings. The first kappa shape index (κ1) is 18.6. The van der Waals surface area contributed by atoms with Crippen molar-refractivity contribution in [3.8, 4) is 23.0 Å². The van der Waals surface area contributed by atoms with E-state index < -0.39 is 5.97 Å². The summed E-state index contributed by atoms with van der Waals surface area (Å²) in [4.78, 5) is 12.1. The number of carbonyl (C=O) groups excluding carboxylic acids is 1. The van der Waals surface area contributed by atoms with Crippen molar-refractivity contribution in [1.29, 1.82) is 0 Å². The van der Waals surface area contributed by atoms with Crippen LogP contribution in [0.4, 0.5) is 11.4 Å². The van der Waals surface area contributed by atoms with Crippen molar-refractivity contribution in [2.75, 3.05) is 38.8 Å². The summed E-state index contributed by atoms with van der Waals surface area (Å²) in [5, 5.41) is 6.28. The monoisotopic (exact) mass is 390 g/mol. The number of hydrogen-bond donors (Lipinski definition) is 2. The first-order valence-electron chi connectivity index (χ1n) is 7.87. The van der Waals surface area contributed by atoms with E-state index in [9.17, 15) is 4.79 Å². The molecule has 1 aliphatic heterocycles. The summed E-state index contributed by atoms with van der Waals surface area (Å²) in [7, 11) is 4.28. The fraction of sp³-hybridized carbons (Fsp3) is 0.222. The molecule has 0 saturated heterocycles. The van der Waals surface area contributed by atoms with E-state index in [1.165, 1.54) is 27.4 Å². The zero-order chi connectivity index (χ0) is 19.4. The maximum atomic E-state index is 12.1. The highest BCUT2D eigenvalue weighted by atomic mass is 32.1. The number of esters is 1. The van der Waals surface area contributed by atoms with Gasteiger partial charge in [0, 0.05) is 23.9 Å². The van der Waals surface area contributed by atoms with Gasteiger partial charge in [-0.2, -0.15) is 0 Å². The van der Waals surface area contributed by atoms with Gasteiger partial charge in [0.15, 0.2) is 28.1 Å². The average molecular weight is 390 g/mol. The Labute approximate surface area is 161 Å². The lowest BCUT2D eigenvalue weighted by Crippen LogP contribution is -2.21. The Bertz CT molecular complexity index is 886. The van der Waals surface area contributed by atoms with Crippen LogP contribution in [0.3, 0.4) is 0 Å². The van der Waals surface area contributed by atoms with Crippen LogP contribution in [0, 0.1) is 0 Å². The number of hydrogen-bond acceptors (Lipinski definition) is 7. The van der Waals surface area contributed by atoms with E-state index in [4.69, 9.17) is 35.9 Å². The van der Waals surface area contributed by atoms with E-state index in [2.05, 4.69) is 10.6 Å². The van der Waals surface area contributed by atoms with E-state index in [-0.39, 0.29) is 17.5 Å². The molecule has 0 spiro atoms. The van der Waals surface area contributed by atoms with Gasteiger partial charge in [-0.3, -0.25) is 0 Å². The molecule has 8 nitrogen and oxygen atoms in total. The van der Waals surface area contributed by atoms with E-state index >= 15 is 0 Å². The molecule has 142 valence electrons. The molecular weight excluding hydrogens is 372 g/mol. The van der Waals surface area contributed by atoms with Gasteiger partial charge in [0.25, 0.3) is 0 Å². The van der Waals surface area contributed by atoms with Crippen molar-refractivity contribution < 1.29 is 28.5 Å². The summed E-state index contributed by atoms with van der Waals surface area (Å²) in [5.41, 5.74) is 1.37. The third-order valence-corrected chi connectivity index (χ3v) is 4.01. The highest BCUT2D eigenvalue weighted by Crippen LogP contribution is 2.35. The largest absolute Gasteiger partial charge is 0.493 e. The van der Waals surface area contributed by atoms with E-state index in [0.717, 1.165) is 0 Å². The SMILES string of the molecule is COC(=O)c1cc(OC)c(OC)cc1NC(=S)Nc1ccc2c(c1)OCO2. The maximum Gasteiger partial charge on any atom is 0.340 e. The maximum absolute atomic E-state index is 12.1. The molecular formula is C18H18N2O6S. The second-order valence-corrected chi connectivity index (χ2v) is 5.80. The molecule has 3 rings (SSSR count). The highest BCUT2D eigenvalue weighted by Gasteiger charge is 2.19. The lowest BCUT2D eigenvalue weighted by Gasteiger charge is -2.16. The summed E-state index contributed by atoms with van der Waals surface area (Å²) >= 11 is 5.35. The number of nitrogens with one attached hydrogen (secondary N) is 2. The molecule has 9 heteroatoms. The van der Waals surface area contributed by atoms with Gasteiger partial charge < -0.3 is 34.3 Å². The minimum Gasteiger partial charge on any atom is -0.493 e. The third-order valence-electron chi connectivity index (χ3n) is 3.81. The molecule has 0 amide bonds. The molecule has 0 saturated carbocycles. The van der Waals surface area contributed by atoms with E-state index in [1.807, 2.05) is 0 Å². The van der Waals surface area contributed by atoms with Crippen LogP contribution in [0.25, 0.3) is 0 Å². The standard InChI is InChI=1S/C18H18N2O6S/c1-22-14-7-11(17(21)24-3)12(8-15(14)23-2)20-18(27)19-10-4-5-13-16(6-10)26-9-25-13/h4-8H,9H2,1-3H3,(H2,19,20,27).